The molecule has 0 unspecified atom stereocenters. The lowest BCUT2D eigenvalue weighted by Crippen LogP contribution is -2.41. The minimum absolute atomic E-state index is 0.0540. The van der Waals surface area contributed by atoms with E-state index in [9.17, 15) is 9.59 Å². The van der Waals surface area contributed by atoms with Crippen LogP contribution in [0.2, 0.25) is 0 Å². The summed E-state index contributed by atoms with van der Waals surface area (Å²) in [5, 5.41) is 10.8. The Morgan fingerprint density at radius 1 is 0.971 bits per heavy atom. The molecule has 0 bridgehead atoms. The van der Waals surface area contributed by atoms with Crippen LogP contribution >= 0.6 is 0 Å². The molecule has 3 amide bonds. The molecule has 0 aliphatic carbocycles. The van der Waals surface area contributed by atoms with Gasteiger partial charge in [0.1, 0.15) is 12.4 Å². The normalized spacial score (nSPS) is 11.3. The minimum atomic E-state index is -0.280. The number of hydrogen-bond acceptors (Lipinski definition) is 3. The van der Waals surface area contributed by atoms with Gasteiger partial charge in [0.25, 0.3) is 0 Å². The van der Waals surface area contributed by atoms with Crippen molar-refractivity contribution in [3.05, 3.63) is 71.4 Å². The maximum Gasteiger partial charge on any atom is 0.322 e. The number of aromatic nitrogens is 2. The SMILES string of the molecule is CCCCN(CC(=O)Nc1cc(C(C)(C)C)nn1-c1ccccc1)C(=O)Nc1c(C)cccc1C. The number of nitrogens with one attached hydrogen (secondary N) is 2. The van der Waals surface area contributed by atoms with Crippen molar-refractivity contribution in [2.45, 2.75) is 59.8 Å². The largest absolute Gasteiger partial charge is 0.322 e. The van der Waals surface area contributed by atoms with Crippen molar-refractivity contribution in [1.82, 2.24) is 14.7 Å². The van der Waals surface area contributed by atoms with Gasteiger partial charge >= 0.3 is 6.03 Å². The summed E-state index contributed by atoms with van der Waals surface area (Å²) in [6.45, 7) is 12.7. The molecule has 7 heteroatoms. The number of para-hydroxylation sites is 2. The van der Waals surface area contributed by atoms with Crippen molar-refractivity contribution in [2.24, 2.45) is 0 Å². The zero-order valence-corrected chi connectivity index (χ0v) is 21.7. The molecule has 7 nitrogen and oxygen atoms in total. The third-order valence-electron chi connectivity index (χ3n) is 5.86. The van der Waals surface area contributed by atoms with Gasteiger partial charge in [0.05, 0.1) is 11.4 Å². The van der Waals surface area contributed by atoms with Gasteiger partial charge in [-0.2, -0.15) is 5.10 Å². The van der Waals surface area contributed by atoms with Gasteiger partial charge in [0.15, 0.2) is 0 Å². The van der Waals surface area contributed by atoms with Crippen molar-refractivity contribution in [3.63, 3.8) is 0 Å². The number of carbonyl (C=O) groups is 2. The minimum Gasteiger partial charge on any atom is -0.315 e. The van der Waals surface area contributed by atoms with E-state index >= 15 is 0 Å². The number of aryl methyl sites for hydroxylation is 2. The van der Waals surface area contributed by atoms with Crippen molar-refractivity contribution in [1.29, 1.82) is 0 Å². The Bertz CT molecular complexity index is 1140. The summed E-state index contributed by atoms with van der Waals surface area (Å²) in [4.78, 5) is 27.9. The number of urea groups is 1. The molecule has 0 saturated heterocycles. The predicted octanol–water partition coefficient (Wildman–Crippen LogP) is 6.06. The molecule has 35 heavy (non-hydrogen) atoms. The monoisotopic (exact) mass is 475 g/mol. The lowest BCUT2D eigenvalue weighted by atomic mass is 9.92. The topological polar surface area (TPSA) is 79.3 Å². The zero-order valence-electron chi connectivity index (χ0n) is 21.7. The highest BCUT2D eigenvalue weighted by molar-refractivity contribution is 5.97. The van der Waals surface area contributed by atoms with Crippen molar-refractivity contribution in [2.75, 3.05) is 23.7 Å². The summed E-state index contributed by atoms with van der Waals surface area (Å²) < 4.78 is 1.74. The molecular weight excluding hydrogens is 438 g/mol. The van der Waals surface area contributed by atoms with Crippen LogP contribution in [0.25, 0.3) is 5.69 Å². The van der Waals surface area contributed by atoms with Crippen LogP contribution in [0.1, 0.15) is 57.4 Å². The van der Waals surface area contributed by atoms with E-state index in [1.54, 1.807) is 9.58 Å². The van der Waals surface area contributed by atoms with E-state index < -0.39 is 0 Å². The van der Waals surface area contributed by atoms with Crippen molar-refractivity contribution >= 4 is 23.4 Å². The summed E-state index contributed by atoms with van der Waals surface area (Å²) in [5.41, 5.74) is 4.30. The first-order valence-electron chi connectivity index (χ1n) is 12.2. The van der Waals surface area contributed by atoms with Crippen LogP contribution in [0.4, 0.5) is 16.3 Å². The van der Waals surface area contributed by atoms with Gasteiger partial charge < -0.3 is 15.5 Å². The molecule has 1 aromatic heterocycles. The molecule has 0 spiro atoms. The van der Waals surface area contributed by atoms with E-state index in [-0.39, 0.29) is 23.9 Å². The first-order valence-corrected chi connectivity index (χ1v) is 12.2. The van der Waals surface area contributed by atoms with Crippen molar-refractivity contribution < 1.29 is 9.59 Å². The van der Waals surface area contributed by atoms with E-state index in [0.717, 1.165) is 41.0 Å². The van der Waals surface area contributed by atoms with Gasteiger partial charge in [0.2, 0.25) is 5.91 Å². The Balaban J connectivity index is 1.81. The molecule has 2 N–H and O–H groups in total. The van der Waals surface area contributed by atoms with Crippen LogP contribution in [-0.2, 0) is 10.2 Å². The molecule has 2 aromatic carbocycles. The molecule has 0 saturated carbocycles. The molecule has 1 heterocycles. The fourth-order valence-corrected chi connectivity index (χ4v) is 3.76. The fraction of sp³-hybridized carbons (Fsp3) is 0.393. The van der Waals surface area contributed by atoms with E-state index in [2.05, 4.69) is 38.3 Å². The van der Waals surface area contributed by atoms with Gasteiger partial charge in [-0.25, -0.2) is 9.48 Å². The third kappa shape index (κ3) is 6.72. The van der Waals surface area contributed by atoms with Gasteiger partial charge in [-0.15, -0.1) is 0 Å². The second kappa shape index (κ2) is 11.2. The highest BCUT2D eigenvalue weighted by Crippen LogP contribution is 2.26. The van der Waals surface area contributed by atoms with Crippen LogP contribution in [0.5, 0.6) is 0 Å². The lowest BCUT2D eigenvalue weighted by molar-refractivity contribution is -0.116. The Labute approximate surface area is 208 Å². The highest BCUT2D eigenvalue weighted by atomic mass is 16.2. The van der Waals surface area contributed by atoms with Gasteiger partial charge in [-0.3, -0.25) is 4.79 Å². The van der Waals surface area contributed by atoms with E-state index in [4.69, 9.17) is 5.10 Å². The Kier molecular flexibility index (Phi) is 8.33. The molecule has 3 aromatic rings. The Hall–Kier alpha value is -3.61. The van der Waals surface area contributed by atoms with Crippen LogP contribution in [-0.4, -0.2) is 39.7 Å². The number of rotatable bonds is 8. The molecule has 186 valence electrons. The zero-order chi connectivity index (χ0) is 25.6. The van der Waals surface area contributed by atoms with Crippen LogP contribution < -0.4 is 10.6 Å². The maximum absolute atomic E-state index is 13.2. The Morgan fingerprint density at radius 2 is 1.63 bits per heavy atom. The molecular formula is C28H37N5O2. The average molecular weight is 476 g/mol. The molecule has 3 rings (SSSR count). The lowest BCUT2D eigenvalue weighted by Gasteiger charge is -2.23. The number of benzene rings is 2. The van der Waals surface area contributed by atoms with Crippen LogP contribution in [0.15, 0.2) is 54.6 Å². The standard InChI is InChI=1S/C28H37N5O2/c1-7-8-17-32(27(35)30-26-20(2)13-12-14-21(26)3)19-25(34)29-24-18-23(28(4,5)6)31-33(24)22-15-10-9-11-16-22/h9-16,18H,7-8,17,19H2,1-6H3,(H,29,34)(H,30,35). The van der Waals surface area contributed by atoms with Crippen LogP contribution in [0.3, 0.4) is 0 Å². The smallest absolute Gasteiger partial charge is 0.315 e. The Morgan fingerprint density at radius 3 is 2.23 bits per heavy atom. The number of amides is 3. The van der Waals surface area contributed by atoms with E-state index in [1.807, 2.05) is 68.4 Å². The fourth-order valence-electron chi connectivity index (χ4n) is 3.76. The second-order valence-corrected chi connectivity index (χ2v) is 9.93. The summed E-state index contributed by atoms with van der Waals surface area (Å²) in [5.74, 6) is 0.312. The number of carbonyl (C=O) groups excluding carboxylic acids is 2. The summed E-state index contributed by atoms with van der Waals surface area (Å²) >= 11 is 0. The van der Waals surface area contributed by atoms with Gasteiger partial charge in [-0.1, -0.05) is 70.5 Å². The highest BCUT2D eigenvalue weighted by Gasteiger charge is 2.23. The quantitative estimate of drug-likeness (QED) is 0.416. The molecule has 0 fully saturated rings. The molecule has 0 atom stereocenters. The molecule has 0 radical (unpaired) electrons. The predicted molar refractivity (Wildman–Crippen MR) is 142 cm³/mol. The molecule has 0 aliphatic rings. The van der Waals surface area contributed by atoms with E-state index in [0.29, 0.717) is 12.4 Å². The first kappa shape index (κ1) is 26.0. The third-order valence-corrected chi connectivity index (χ3v) is 5.86. The number of nitrogens with zero attached hydrogens (tertiary/aromatic N) is 3. The average Bonchev–Trinajstić information content (AvgIpc) is 3.24. The summed E-state index contributed by atoms with van der Waals surface area (Å²) in [7, 11) is 0. The number of unbranched alkanes of at least 4 members (excludes halogenated alkanes) is 1. The van der Waals surface area contributed by atoms with Crippen LogP contribution in [0, 0.1) is 13.8 Å². The van der Waals surface area contributed by atoms with Gasteiger partial charge in [0, 0.05) is 23.7 Å². The summed E-state index contributed by atoms with van der Waals surface area (Å²) in [6, 6.07) is 17.2. The van der Waals surface area contributed by atoms with Crippen molar-refractivity contribution in [3.8, 4) is 5.69 Å². The maximum atomic E-state index is 13.2. The molecule has 0 aliphatic heterocycles. The van der Waals surface area contributed by atoms with E-state index in [1.165, 1.54) is 0 Å². The van der Waals surface area contributed by atoms with Gasteiger partial charge in [-0.05, 0) is 43.5 Å². The second-order valence-electron chi connectivity index (χ2n) is 9.93. The number of hydrogen-bond donors (Lipinski definition) is 2. The summed E-state index contributed by atoms with van der Waals surface area (Å²) in [6.07, 6.45) is 1.73. The number of anilines is 2. The first-order chi connectivity index (χ1) is 16.6.